The Labute approximate surface area is 120 Å². The van der Waals surface area contributed by atoms with Gasteiger partial charge in [-0.2, -0.15) is 0 Å². The lowest BCUT2D eigenvalue weighted by molar-refractivity contribution is 0.223. The van der Waals surface area contributed by atoms with Crippen molar-refractivity contribution < 1.29 is 9.84 Å². The van der Waals surface area contributed by atoms with E-state index in [1.165, 1.54) is 11.3 Å². The summed E-state index contributed by atoms with van der Waals surface area (Å²) in [5.41, 5.74) is 0.714. The van der Waals surface area contributed by atoms with Crippen molar-refractivity contribution in [3.05, 3.63) is 43.2 Å². The summed E-state index contributed by atoms with van der Waals surface area (Å²) in [4.78, 5) is 4.87. The largest absolute Gasteiger partial charge is 0.495 e. The van der Waals surface area contributed by atoms with Crippen molar-refractivity contribution in [2.45, 2.75) is 6.10 Å². The molecule has 6 heteroatoms. The number of nitrogens with zero attached hydrogens (tertiary/aromatic N) is 1. The molecule has 1 atom stereocenters. The van der Waals surface area contributed by atoms with Crippen LogP contribution in [0.15, 0.2) is 32.8 Å². The van der Waals surface area contributed by atoms with Crippen LogP contribution in [0.5, 0.6) is 5.75 Å². The molecule has 2 aromatic heterocycles. The molecule has 90 valence electrons. The molecule has 0 aromatic carbocycles. The molecule has 3 nitrogen and oxygen atoms in total. The van der Waals surface area contributed by atoms with E-state index in [2.05, 4.69) is 36.8 Å². The second kappa shape index (κ2) is 5.48. The monoisotopic (exact) mass is 377 g/mol. The number of aliphatic hydroxyl groups excluding tert-OH is 1. The van der Waals surface area contributed by atoms with Crippen molar-refractivity contribution in [1.29, 1.82) is 0 Å². The second-order valence-corrected chi connectivity index (χ2v) is 6.59. The van der Waals surface area contributed by atoms with Crippen LogP contribution in [0.25, 0.3) is 0 Å². The van der Waals surface area contributed by atoms with Gasteiger partial charge in [0.25, 0.3) is 0 Å². The first-order valence-electron chi connectivity index (χ1n) is 4.73. The molecule has 2 heterocycles. The maximum atomic E-state index is 10.2. The predicted molar refractivity (Wildman–Crippen MR) is 74.6 cm³/mol. The topological polar surface area (TPSA) is 42.4 Å². The van der Waals surface area contributed by atoms with Crippen LogP contribution in [-0.4, -0.2) is 17.2 Å². The normalized spacial score (nSPS) is 12.5. The van der Waals surface area contributed by atoms with Crippen molar-refractivity contribution >= 4 is 43.2 Å². The Balaban J connectivity index is 2.32. The van der Waals surface area contributed by atoms with Crippen LogP contribution in [0, 0.1) is 0 Å². The Bertz CT molecular complexity index is 510. The van der Waals surface area contributed by atoms with Gasteiger partial charge in [0, 0.05) is 21.1 Å². The van der Waals surface area contributed by atoms with Crippen molar-refractivity contribution in [2.75, 3.05) is 7.11 Å². The molecule has 0 aliphatic rings. The summed E-state index contributed by atoms with van der Waals surface area (Å²) in [6.07, 6.45) is 2.55. The van der Waals surface area contributed by atoms with Crippen LogP contribution >= 0.6 is 43.2 Å². The van der Waals surface area contributed by atoms with Crippen LogP contribution in [0.4, 0.5) is 0 Å². The molecule has 0 spiro atoms. The fourth-order valence-electron chi connectivity index (χ4n) is 1.36. The third-order valence-corrected chi connectivity index (χ3v) is 5.53. The lowest BCUT2D eigenvalue weighted by atomic mass is 10.1. The van der Waals surface area contributed by atoms with E-state index in [-0.39, 0.29) is 0 Å². The highest BCUT2D eigenvalue weighted by atomic mass is 79.9. The van der Waals surface area contributed by atoms with Gasteiger partial charge >= 0.3 is 0 Å². The molecule has 0 saturated heterocycles. The minimum absolute atomic E-state index is 0.635. The predicted octanol–water partition coefficient (Wildman–Crippen LogP) is 3.76. The van der Waals surface area contributed by atoms with Gasteiger partial charge in [-0.25, -0.2) is 0 Å². The first kappa shape index (κ1) is 13.0. The molecular formula is C11H9Br2NO2S. The van der Waals surface area contributed by atoms with Crippen LogP contribution < -0.4 is 4.74 Å². The molecule has 1 unspecified atom stereocenters. The van der Waals surface area contributed by atoms with Gasteiger partial charge in [-0.1, -0.05) is 0 Å². The Hall–Kier alpha value is -0.430. The Kier molecular flexibility index (Phi) is 4.19. The van der Waals surface area contributed by atoms with Crippen molar-refractivity contribution in [3.63, 3.8) is 0 Å². The molecule has 1 N–H and O–H groups in total. The lowest BCUT2D eigenvalue weighted by Gasteiger charge is -2.09. The number of hydrogen-bond donors (Lipinski definition) is 1. The highest BCUT2D eigenvalue weighted by molar-refractivity contribution is 9.13. The van der Waals surface area contributed by atoms with Crippen LogP contribution in [0.3, 0.4) is 0 Å². The van der Waals surface area contributed by atoms with Gasteiger partial charge in [-0.3, -0.25) is 4.98 Å². The molecular weight excluding hydrogens is 370 g/mol. The van der Waals surface area contributed by atoms with Gasteiger partial charge in [0.1, 0.15) is 11.9 Å². The number of aliphatic hydroxyl groups is 1. The molecule has 2 rings (SSSR count). The van der Waals surface area contributed by atoms with Crippen molar-refractivity contribution in [2.24, 2.45) is 0 Å². The lowest BCUT2D eigenvalue weighted by Crippen LogP contribution is -1.98. The van der Waals surface area contributed by atoms with E-state index in [0.717, 1.165) is 13.1 Å². The average molecular weight is 379 g/mol. The zero-order valence-corrected chi connectivity index (χ0v) is 12.8. The molecule has 0 radical (unpaired) electrons. The number of hydrogen-bond acceptors (Lipinski definition) is 4. The number of ether oxygens (including phenoxy) is 1. The molecule has 0 amide bonds. The van der Waals surface area contributed by atoms with Crippen LogP contribution in [-0.2, 0) is 0 Å². The van der Waals surface area contributed by atoms with E-state index in [0.29, 0.717) is 11.3 Å². The summed E-state index contributed by atoms with van der Waals surface area (Å²) in [6, 6.07) is 3.66. The number of methoxy groups -OCH3 is 1. The van der Waals surface area contributed by atoms with Crippen molar-refractivity contribution in [1.82, 2.24) is 4.98 Å². The number of halogens is 2. The van der Waals surface area contributed by atoms with Gasteiger partial charge in [0.05, 0.1) is 17.1 Å². The highest BCUT2D eigenvalue weighted by Gasteiger charge is 2.16. The molecule has 0 aliphatic heterocycles. The Morgan fingerprint density at radius 3 is 2.71 bits per heavy atom. The van der Waals surface area contributed by atoms with Gasteiger partial charge < -0.3 is 9.84 Å². The number of aromatic nitrogens is 1. The van der Waals surface area contributed by atoms with Crippen LogP contribution in [0.2, 0.25) is 0 Å². The van der Waals surface area contributed by atoms with E-state index in [1.54, 1.807) is 25.6 Å². The molecule has 0 aliphatic carbocycles. The second-order valence-electron chi connectivity index (χ2n) is 3.33. The fourth-order valence-corrected chi connectivity index (χ4v) is 3.46. The zero-order valence-electron chi connectivity index (χ0n) is 8.85. The standard InChI is InChI=1S/C11H9Br2NO2S/c1-16-7-2-6(4-14-5-7)10(15)9-3-8(12)11(13)17-9/h2-5,10,15H,1H3. The van der Waals surface area contributed by atoms with Gasteiger partial charge in [-0.15, -0.1) is 11.3 Å². The van der Waals surface area contributed by atoms with Crippen molar-refractivity contribution in [3.8, 4) is 5.75 Å². The maximum Gasteiger partial charge on any atom is 0.137 e. The van der Waals surface area contributed by atoms with E-state index >= 15 is 0 Å². The van der Waals surface area contributed by atoms with E-state index in [4.69, 9.17) is 4.74 Å². The summed E-state index contributed by atoms with van der Waals surface area (Å²) in [7, 11) is 1.57. The Morgan fingerprint density at radius 2 is 2.12 bits per heavy atom. The minimum atomic E-state index is -0.690. The summed E-state index contributed by atoms with van der Waals surface area (Å²) < 4.78 is 6.98. The molecule has 2 aromatic rings. The maximum absolute atomic E-state index is 10.2. The van der Waals surface area contributed by atoms with Crippen LogP contribution in [0.1, 0.15) is 16.5 Å². The summed E-state index contributed by atoms with van der Waals surface area (Å²) in [5, 5.41) is 10.2. The number of rotatable bonds is 3. The average Bonchev–Trinajstić information content (AvgIpc) is 2.69. The first-order valence-corrected chi connectivity index (χ1v) is 7.14. The molecule has 0 fully saturated rings. The van der Waals surface area contributed by atoms with Gasteiger partial charge in [-0.05, 0) is 44.0 Å². The van der Waals surface area contributed by atoms with Gasteiger partial charge in [0.15, 0.2) is 0 Å². The van der Waals surface area contributed by atoms with Gasteiger partial charge in [0.2, 0.25) is 0 Å². The smallest absolute Gasteiger partial charge is 0.137 e. The highest BCUT2D eigenvalue weighted by Crippen LogP contribution is 2.37. The summed E-state index contributed by atoms with van der Waals surface area (Å²) >= 11 is 8.28. The third kappa shape index (κ3) is 2.88. The third-order valence-electron chi connectivity index (χ3n) is 2.22. The summed E-state index contributed by atoms with van der Waals surface area (Å²) in [5.74, 6) is 0.635. The SMILES string of the molecule is COc1cncc(C(O)c2cc(Br)c(Br)s2)c1. The minimum Gasteiger partial charge on any atom is -0.495 e. The molecule has 17 heavy (non-hydrogen) atoms. The number of pyridine rings is 1. The molecule has 0 saturated carbocycles. The molecule has 0 bridgehead atoms. The zero-order chi connectivity index (χ0) is 12.4. The first-order chi connectivity index (χ1) is 8.11. The Morgan fingerprint density at radius 1 is 1.35 bits per heavy atom. The summed E-state index contributed by atoms with van der Waals surface area (Å²) in [6.45, 7) is 0. The van der Waals surface area contributed by atoms with E-state index in [1.807, 2.05) is 6.07 Å². The quantitative estimate of drug-likeness (QED) is 0.884. The van der Waals surface area contributed by atoms with E-state index < -0.39 is 6.10 Å². The van der Waals surface area contributed by atoms with E-state index in [9.17, 15) is 5.11 Å². The fraction of sp³-hybridized carbons (Fsp3) is 0.182. The number of thiophene rings is 1.